The van der Waals surface area contributed by atoms with Gasteiger partial charge in [-0.2, -0.15) is 5.26 Å². The van der Waals surface area contributed by atoms with E-state index < -0.39 is 0 Å². The van der Waals surface area contributed by atoms with E-state index in [-0.39, 0.29) is 52.6 Å². The van der Waals surface area contributed by atoms with Crippen molar-refractivity contribution in [1.82, 2.24) is 30.2 Å². The van der Waals surface area contributed by atoms with Gasteiger partial charge in [-0.1, -0.05) is 41.9 Å². The quantitative estimate of drug-likeness (QED) is 0.165. The third-order valence-electron chi connectivity index (χ3n) is 9.66. The molecule has 2 amide bonds. The summed E-state index contributed by atoms with van der Waals surface area (Å²) in [5.41, 5.74) is 3.04. The molecular weight excluding hydrogens is 753 g/mol. The van der Waals surface area contributed by atoms with Crippen molar-refractivity contribution in [3.8, 4) is 23.6 Å². The Labute approximate surface area is 335 Å². The molecule has 0 bridgehead atoms. The number of pyridine rings is 3. The van der Waals surface area contributed by atoms with Crippen molar-refractivity contribution in [1.29, 1.82) is 5.26 Å². The zero-order chi connectivity index (χ0) is 39.6. The van der Waals surface area contributed by atoms with Crippen molar-refractivity contribution in [2.45, 2.75) is 102 Å². The average molecular weight is 796 g/mol. The number of aliphatic imine (C=N–C) groups is 1. The van der Waals surface area contributed by atoms with Gasteiger partial charge in [0, 0.05) is 48.4 Å². The third-order valence-corrected chi connectivity index (χ3v) is 10.2. The van der Waals surface area contributed by atoms with Gasteiger partial charge in [0.15, 0.2) is 5.69 Å². The molecule has 0 saturated heterocycles. The number of halogens is 2. The number of ether oxygens (including phenoxy) is 2. The van der Waals surface area contributed by atoms with Crippen molar-refractivity contribution in [3.63, 3.8) is 0 Å². The van der Waals surface area contributed by atoms with E-state index in [1.54, 1.807) is 43.0 Å². The Balaban J connectivity index is 0.922. The van der Waals surface area contributed by atoms with Crippen LogP contribution in [0.3, 0.4) is 0 Å². The summed E-state index contributed by atoms with van der Waals surface area (Å²) in [4.78, 5) is 55.9. The van der Waals surface area contributed by atoms with Crippen LogP contribution >= 0.6 is 23.2 Å². The van der Waals surface area contributed by atoms with Crippen molar-refractivity contribution in [2.24, 2.45) is 4.99 Å². The van der Waals surface area contributed by atoms with Crippen molar-refractivity contribution >= 4 is 40.7 Å². The lowest BCUT2D eigenvalue weighted by Gasteiger charge is -2.29. The molecule has 2 fully saturated rings. The molecule has 15 heteroatoms. The number of rotatable bonds is 10. The zero-order valence-electron chi connectivity index (χ0n) is 31.4. The number of nitriles is 1. The summed E-state index contributed by atoms with van der Waals surface area (Å²) >= 11 is 12.6. The Morgan fingerprint density at radius 1 is 0.839 bits per heavy atom. The molecule has 56 heavy (non-hydrogen) atoms. The highest BCUT2D eigenvalue weighted by Crippen LogP contribution is 2.28. The minimum atomic E-state index is -0.329. The second-order valence-electron chi connectivity index (χ2n) is 14.3. The lowest BCUT2D eigenvalue weighted by molar-refractivity contribution is 0.0892. The number of nitrogens with zero attached hydrogens (tertiary/aromatic N) is 8. The third kappa shape index (κ3) is 10.8. The van der Waals surface area contributed by atoms with Crippen LogP contribution in [0.25, 0.3) is 4.85 Å². The van der Waals surface area contributed by atoms with E-state index >= 15 is 0 Å². The molecular formula is C41H42Cl2N9O4+. The molecule has 0 radical (unpaired) electrons. The van der Waals surface area contributed by atoms with Crippen LogP contribution in [0.4, 0.5) is 0 Å². The molecule has 4 aromatic rings. The van der Waals surface area contributed by atoms with Crippen molar-refractivity contribution < 1.29 is 19.1 Å². The molecule has 0 aliphatic heterocycles. The minimum absolute atomic E-state index is 0.0123. The second kappa shape index (κ2) is 18.9. The predicted octanol–water partition coefficient (Wildman–Crippen LogP) is 8.17. The molecule has 4 heterocycles. The molecule has 13 nitrogen and oxygen atoms in total. The lowest BCUT2D eigenvalue weighted by atomic mass is 9.92. The number of hydrogen-bond acceptors (Lipinski definition) is 10. The maximum atomic E-state index is 12.9. The Hall–Kier alpha value is -5.50. The van der Waals surface area contributed by atoms with Crippen molar-refractivity contribution in [3.05, 3.63) is 104 Å². The van der Waals surface area contributed by atoms with Crippen LogP contribution in [-0.4, -0.2) is 67.2 Å². The van der Waals surface area contributed by atoms with Gasteiger partial charge >= 0.3 is 6.07 Å². The Morgan fingerprint density at radius 3 is 2.02 bits per heavy atom. The smallest absolute Gasteiger partial charge is 0.333 e. The summed E-state index contributed by atoms with van der Waals surface area (Å²) in [6.07, 6.45) is 13.6. The Bertz CT molecular complexity index is 2160. The molecule has 2 saturated carbocycles. The highest BCUT2D eigenvalue weighted by molar-refractivity contribution is 6.32. The molecule has 1 atom stereocenters. The standard InChI is InChI=1S/C41H41Cl2N9O4/c1-24(2)39-49-19-27(20-50-39)41(54)52-29-7-11-31(12-8-29)56-33-15-35(43)38(48-22-33)23-45-17-25(3)36-13-4-26(18-46-36)40(53)51-28-5-9-30(10-6-28)55-32-14-34(42)37(16-44)47-21-32/h4,13-15,18-22,24-25,29-31H,5-12,17H2,1-3H3/p+1. The van der Waals surface area contributed by atoms with Gasteiger partial charge in [0.1, 0.15) is 23.4 Å². The van der Waals surface area contributed by atoms with Gasteiger partial charge in [0.05, 0.1) is 57.4 Å². The minimum Gasteiger partial charge on any atom is -0.489 e. The second-order valence-corrected chi connectivity index (χ2v) is 15.1. The zero-order valence-corrected chi connectivity index (χ0v) is 32.9. The first-order valence-corrected chi connectivity index (χ1v) is 19.5. The summed E-state index contributed by atoms with van der Waals surface area (Å²) in [5.74, 6) is 1.45. The molecule has 2 aliphatic carbocycles. The van der Waals surface area contributed by atoms with Gasteiger partial charge in [-0.25, -0.2) is 24.9 Å². The van der Waals surface area contributed by atoms with Crippen molar-refractivity contribution in [2.75, 3.05) is 6.54 Å². The number of carbonyl (C=O) groups excluding carboxylic acids is 2. The largest absolute Gasteiger partial charge is 0.489 e. The van der Waals surface area contributed by atoms with Crippen LogP contribution in [0, 0.1) is 17.4 Å². The van der Waals surface area contributed by atoms with Gasteiger partial charge < -0.3 is 14.8 Å². The van der Waals surface area contributed by atoms with Gasteiger partial charge in [-0.05, 0) is 70.4 Å². The Morgan fingerprint density at radius 2 is 1.45 bits per heavy atom. The Kier molecular flexibility index (Phi) is 13.6. The highest BCUT2D eigenvalue weighted by Gasteiger charge is 2.25. The van der Waals surface area contributed by atoms with E-state index in [1.807, 2.05) is 32.9 Å². The highest BCUT2D eigenvalue weighted by atomic mass is 35.5. The fourth-order valence-corrected chi connectivity index (χ4v) is 6.80. The van der Waals surface area contributed by atoms with Crippen LogP contribution in [0.2, 0.25) is 10.0 Å². The fourth-order valence-electron chi connectivity index (χ4n) is 6.40. The van der Waals surface area contributed by atoms with Gasteiger partial charge in [0.2, 0.25) is 5.69 Å². The van der Waals surface area contributed by atoms with Crippen LogP contribution in [0.5, 0.6) is 11.5 Å². The van der Waals surface area contributed by atoms with E-state index in [0.717, 1.165) is 37.1 Å². The number of amides is 2. The average Bonchev–Trinajstić information content (AvgIpc) is 3.20. The van der Waals surface area contributed by atoms with Crippen LogP contribution in [0.15, 0.2) is 60.2 Å². The SMILES string of the molecule is CC(C)c1ncc(C(=O)NC2CCC(Oc3cnc(C#[N+]CC(C)c4ccc(C(=O)N=C5CCC(Oc6cnc(C#N)c(Cl)c6)CC5)cn4)c(Cl)c3)CC2)cn1. The molecule has 4 aromatic heterocycles. The molecule has 6 rings (SSSR count). The van der Waals surface area contributed by atoms with Crippen LogP contribution in [0.1, 0.15) is 128 Å². The molecule has 288 valence electrons. The maximum absolute atomic E-state index is 12.9. The molecule has 0 aromatic carbocycles. The normalized spacial score (nSPS) is 18.5. The summed E-state index contributed by atoms with van der Waals surface area (Å²) in [6.45, 7) is 6.40. The monoisotopic (exact) mass is 794 g/mol. The van der Waals surface area contributed by atoms with Gasteiger partial charge in [-0.15, -0.1) is 0 Å². The fraction of sp³-hybridized carbons (Fsp3) is 0.415. The first-order valence-electron chi connectivity index (χ1n) is 18.7. The molecule has 1 N–H and O–H groups in total. The number of hydrogen-bond donors (Lipinski definition) is 1. The van der Waals surface area contributed by atoms with Gasteiger partial charge in [0.25, 0.3) is 18.4 Å². The summed E-state index contributed by atoms with van der Waals surface area (Å²) in [6, 6.07) is 11.8. The maximum Gasteiger partial charge on any atom is 0.333 e. The number of carbonyl (C=O) groups is 2. The van der Waals surface area contributed by atoms with E-state index in [0.29, 0.717) is 71.4 Å². The summed E-state index contributed by atoms with van der Waals surface area (Å²) < 4.78 is 12.2. The first kappa shape index (κ1) is 40.2. The molecule has 2 aliphatic rings. The van der Waals surface area contributed by atoms with E-state index in [2.05, 4.69) is 46.1 Å². The summed E-state index contributed by atoms with van der Waals surface area (Å²) in [7, 11) is 0. The van der Waals surface area contributed by atoms with E-state index in [4.69, 9.17) is 37.9 Å². The van der Waals surface area contributed by atoms with E-state index in [9.17, 15) is 9.59 Å². The van der Waals surface area contributed by atoms with Crippen LogP contribution < -0.4 is 14.8 Å². The molecule has 0 spiro atoms. The predicted molar refractivity (Wildman–Crippen MR) is 212 cm³/mol. The van der Waals surface area contributed by atoms with E-state index in [1.165, 1.54) is 6.20 Å². The lowest BCUT2D eigenvalue weighted by Crippen LogP contribution is -2.39. The number of aromatic nitrogens is 5. The van der Waals surface area contributed by atoms with Gasteiger partial charge in [-0.3, -0.25) is 14.6 Å². The first-order chi connectivity index (χ1) is 27.0. The van der Waals surface area contributed by atoms with Crippen LogP contribution in [-0.2, 0) is 0 Å². The number of nitrogens with one attached hydrogen (secondary N) is 1. The molecule has 1 unspecified atom stereocenters. The summed E-state index contributed by atoms with van der Waals surface area (Å²) in [5, 5.41) is 12.7. The topological polar surface area (TPSA) is 170 Å².